The minimum atomic E-state index is 0.687. The fourth-order valence-corrected chi connectivity index (χ4v) is 5.17. The van der Waals surface area contributed by atoms with Crippen molar-refractivity contribution in [1.82, 2.24) is 4.90 Å². The van der Waals surface area contributed by atoms with Gasteiger partial charge in [-0.2, -0.15) is 0 Å². The third kappa shape index (κ3) is 19.4. The third-order valence-electron chi connectivity index (χ3n) is 7.34. The number of nitrogens with two attached hydrogens (primary N) is 1. The van der Waals surface area contributed by atoms with E-state index in [1.807, 2.05) is 0 Å². The van der Waals surface area contributed by atoms with Crippen LogP contribution in [-0.4, -0.2) is 31.1 Å². The maximum atomic E-state index is 5.69. The molecule has 0 radical (unpaired) electrons. The average Bonchev–Trinajstić information content (AvgIpc) is 2.80. The third-order valence-corrected chi connectivity index (χ3v) is 7.34. The first-order valence-electron chi connectivity index (χ1n) is 14.7. The van der Waals surface area contributed by atoms with Gasteiger partial charge in [-0.25, -0.2) is 0 Å². The largest absolute Gasteiger partial charge is 0.330 e. The highest BCUT2D eigenvalue weighted by molar-refractivity contribution is 4.96. The number of hydrogen-bond donors (Lipinski definition) is 1. The van der Waals surface area contributed by atoms with E-state index >= 15 is 0 Å². The van der Waals surface area contributed by atoms with Crippen LogP contribution in [0.1, 0.15) is 143 Å². The summed E-state index contributed by atoms with van der Waals surface area (Å²) in [6.07, 6.45) is 24.8. The molecular formula is C31H62N2. The van der Waals surface area contributed by atoms with Crippen LogP contribution in [0.25, 0.3) is 0 Å². The second-order valence-corrected chi connectivity index (χ2v) is 10.7. The van der Waals surface area contributed by atoms with Gasteiger partial charge in [-0.05, 0) is 83.8 Å². The van der Waals surface area contributed by atoms with Crippen molar-refractivity contribution >= 4 is 0 Å². The molecule has 0 aromatic rings. The second kappa shape index (κ2) is 23.2. The summed E-state index contributed by atoms with van der Waals surface area (Å²) in [5.41, 5.74) is 8.66. The molecule has 0 saturated heterocycles. The van der Waals surface area contributed by atoms with Crippen LogP contribution in [0.5, 0.6) is 0 Å². The number of hydrogen-bond acceptors (Lipinski definition) is 2. The lowest BCUT2D eigenvalue weighted by molar-refractivity contribution is 0.216. The van der Waals surface area contributed by atoms with E-state index in [2.05, 4.69) is 45.9 Å². The summed E-state index contributed by atoms with van der Waals surface area (Å²) in [6, 6.07) is 0.687. The lowest BCUT2D eigenvalue weighted by Crippen LogP contribution is -2.33. The molecule has 0 fully saturated rings. The molecule has 0 aliphatic carbocycles. The molecule has 0 aromatic heterocycles. The van der Waals surface area contributed by atoms with Crippen molar-refractivity contribution in [3.05, 3.63) is 24.3 Å². The molecule has 0 rings (SSSR count). The lowest BCUT2D eigenvalue weighted by Gasteiger charge is -2.28. The molecule has 0 amide bonds. The Bertz CT molecular complexity index is 456. The van der Waals surface area contributed by atoms with Crippen molar-refractivity contribution in [1.29, 1.82) is 0 Å². The first kappa shape index (κ1) is 32.4. The summed E-state index contributed by atoms with van der Waals surface area (Å²) >= 11 is 0. The van der Waals surface area contributed by atoms with Crippen LogP contribution in [0.2, 0.25) is 0 Å². The van der Waals surface area contributed by atoms with Crippen molar-refractivity contribution in [3.63, 3.8) is 0 Å². The van der Waals surface area contributed by atoms with Crippen molar-refractivity contribution in [2.45, 2.75) is 149 Å². The maximum Gasteiger partial charge on any atom is 0.00951 e. The van der Waals surface area contributed by atoms with Crippen LogP contribution in [-0.2, 0) is 0 Å². The predicted molar refractivity (Wildman–Crippen MR) is 152 cm³/mol. The maximum absolute atomic E-state index is 5.69. The van der Waals surface area contributed by atoms with E-state index in [1.165, 1.54) is 127 Å². The molecule has 2 unspecified atom stereocenters. The number of nitrogens with zero attached hydrogens (tertiary/aromatic N) is 1. The van der Waals surface area contributed by atoms with Crippen LogP contribution < -0.4 is 5.73 Å². The minimum Gasteiger partial charge on any atom is -0.330 e. The standard InChI is InChI=1S/C31H62N2/c1-7-10-11-16-22-30(18-8-2)27-29(5)21-15-13-12-14-20-28(4)23-24-31(19-9-3)33(6)26-17-25-32/h30-31H,4-5,7-27,32H2,1-3,6H3. The monoisotopic (exact) mass is 462 g/mol. The van der Waals surface area contributed by atoms with Crippen LogP contribution in [0.15, 0.2) is 24.3 Å². The molecule has 0 aliphatic heterocycles. The molecule has 0 saturated carbocycles. The Balaban J connectivity index is 3.93. The highest BCUT2D eigenvalue weighted by atomic mass is 15.1. The predicted octanol–water partition coefficient (Wildman–Crippen LogP) is 9.45. The van der Waals surface area contributed by atoms with E-state index in [1.54, 1.807) is 0 Å². The van der Waals surface area contributed by atoms with Gasteiger partial charge in [-0.1, -0.05) is 109 Å². The van der Waals surface area contributed by atoms with Gasteiger partial charge in [-0.15, -0.1) is 0 Å². The van der Waals surface area contributed by atoms with Gasteiger partial charge in [-0.3, -0.25) is 0 Å². The summed E-state index contributed by atoms with van der Waals surface area (Å²) in [7, 11) is 2.27. The second-order valence-electron chi connectivity index (χ2n) is 10.7. The Kier molecular flexibility index (Phi) is 22.7. The Labute approximate surface area is 209 Å². The van der Waals surface area contributed by atoms with Crippen LogP contribution in [0, 0.1) is 5.92 Å². The zero-order valence-corrected chi connectivity index (χ0v) is 23.4. The summed E-state index contributed by atoms with van der Waals surface area (Å²) in [5.74, 6) is 0.883. The van der Waals surface area contributed by atoms with Gasteiger partial charge >= 0.3 is 0 Å². The summed E-state index contributed by atoms with van der Waals surface area (Å²) in [5, 5.41) is 0. The molecule has 33 heavy (non-hydrogen) atoms. The smallest absolute Gasteiger partial charge is 0.00951 e. The van der Waals surface area contributed by atoms with Gasteiger partial charge in [0, 0.05) is 6.04 Å². The van der Waals surface area contributed by atoms with E-state index in [4.69, 9.17) is 5.73 Å². The molecule has 0 heterocycles. The van der Waals surface area contributed by atoms with Gasteiger partial charge in [0.15, 0.2) is 0 Å². The van der Waals surface area contributed by atoms with E-state index in [-0.39, 0.29) is 0 Å². The normalized spacial score (nSPS) is 13.4. The van der Waals surface area contributed by atoms with E-state index in [0.717, 1.165) is 25.4 Å². The quantitative estimate of drug-likeness (QED) is 0.108. The first-order chi connectivity index (χ1) is 16.0. The van der Waals surface area contributed by atoms with Gasteiger partial charge in [0.25, 0.3) is 0 Å². The van der Waals surface area contributed by atoms with Crippen LogP contribution in [0.4, 0.5) is 0 Å². The topological polar surface area (TPSA) is 29.3 Å². The van der Waals surface area contributed by atoms with E-state index in [0.29, 0.717) is 6.04 Å². The fourth-order valence-electron chi connectivity index (χ4n) is 5.17. The zero-order valence-electron chi connectivity index (χ0n) is 23.4. The van der Waals surface area contributed by atoms with Gasteiger partial charge < -0.3 is 10.6 Å². The molecule has 2 heteroatoms. The highest BCUT2D eigenvalue weighted by Gasteiger charge is 2.14. The van der Waals surface area contributed by atoms with Gasteiger partial charge in [0.05, 0.1) is 0 Å². The number of allylic oxidation sites excluding steroid dienone is 2. The lowest BCUT2D eigenvalue weighted by atomic mass is 9.88. The van der Waals surface area contributed by atoms with E-state index in [9.17, 15) is 0 Å². The first-order valence-corrected chi connectivity index (χ1v) is 14.7. The molecule has 0 spiro atoms. The molecule has 2 nitrogen and oxygen atoms in total. The Morgan fingerprint density at radius 2 is 1.30 bits per heavy atom. The fraction of sp³-hybridized carbons (Fsp3) is 0.871. The number of unbranched alkanes of at least 4 members (excludes halogenated alkanes) is 6. The van der Waals surface area contributed by atoms with Gasteiger partial charge in [0.1, 0.15) is 0 Å². The molecule has 2 N–H and O–H groups in total. The Hall–Kier alpha value is -0.600. The summed E-state index contributed by atoms with van der Waals surface area (Å²) in [4.78, 5) is 2.52. The minimum absolute atomic E-state index is 0.687. The molecule has 0 aliphatic rings. The summed E-state index contributed by atoms with van der Waals surface area (Å²) in [6.45, 7) is 17.7. The Morgan fingerprint density at radius 3 is 1.91 bits per heavy atom. The van der Waals surface area contributed by atoms with Gasteiger partial charge in [0.2, 0.25) is 0 Å². The zero-order chi connectivity index (χ0) is 24.7. The average molecular weight is 463 g/mol. The van der Waals surface area contributed by atoms with Crippen molar-refractivity contribution in [3.8, 4) is 0 Å². The highest BCUT2D eigenvalue weighted by Crippen LogP contribution is 2.26. The molecule has 196 valence electrons. The van der Waals surface area contributed by atoms with Crippen LogP contribution in [0.3, 0.4) is 0 Å². The number of rotatable bonds is 25. The van der Waals surface area contributed by atoms with Crippen molar-refractivity contribution in [2.24, 2.45) is 11.7 Å². The van der Waals surface area contributed by atoms with E-state index < -0.39 is 0 Å². The summed E-state index contributed by atoms with van der Waals surface area (Å²) < 4.78 is 0. The molecule has 0 aromatic carbocycles. The van der Waals surface area contributed by atoms with Crippen LogP contribution >= 0.6 is 0 Å². The SMILES string of the molecule is C=C(CCCCCCC(=C)CC(CCC)CCCCCC)CCC(CCC)N(C)CCCN. The Morgan fingerprint density at radius 1 is 0.667 bits per heavy atom. The molecular weight excluding hydrogens is 400 g/mol. The van der Waals surface area contributed by atoms with Crippen molar-refractivity contribution < 1.29 is 0 Å². The molecule has 0 bridgehead atoms. The van der Waals surface area contributed by atoms with Crippen molar-refractivity contribution in [2.75, 3.05) is 20.1 Å². The molecule has 2 atom stereocenters.